The summed E-state index contributed by atoms with van der Waals surface area (Å²) in [6, 6.07) is 7.66. The number of hydrogen-bond donors (Lipinski definition) is 0. The molecule has 0 radical (unpaired) electrons. The van der Waals surface area contributed by atoms with E-state index in [2.05, 4.69) is 14.8 Å². The van der Waals surface area contributed by atoms with Crippen molar-refractivity contribution in [1.82, 2.24) is 0 Å². The fraction of sp³-hybridized carbons (Fsp3) is 0.308. The number of carbonyl (C=O) groups is 1. The molecule has 5 nitrogen and oxygen atoms in total. The van der Waals surface area contributed by atoms with Crippen molar-refractivity contribution in [1.29, 1.82) is 0 Å². The number of carbonyl (C=O) groups excluding carboxylic acids is 1. The monoisotopic (exact) mass is 245 g/mol. The van der Waals surface area contributed by atoms with Crippen molar-refractivity contribution in [3.05, 3.63) is 51.9 Å². The van der Waals surface area contributed by atoms with Crippen LogP contribution in [0, 0.1) is 0 Å². The van der Waals surface area contributed by atoms with Gasteiger partial charge in [-0.3, -0.25) is 4.79 Å². The normalized spacial score (nSPS) is 10.1. The molecule has 0 atom stereocenters. The van der Waals surface area contributed by atoms with E-state index in [0.717, 1.165) is 11.1 Å². The van der Waals surface area contributed by atoms with Gasteiger partial charge < -0.3 is 4.74 Å². The van der Waals surface area contributed by atoms with Gasteiger partial charge in [-0.05, 0) is 23.1 Å². The lowest BCUT2D eigenvalue weighted by atomic mass is 10.1. The zero-order valence-corrected chi connectivity index (χ0v) is 10.2. The van der Waals surface area contributed by atoms with Gasteiger partial charge in [0.2, 0.25) is 0 Å². The molecule has 0 aliphatic rings. The van der Waals surface area contributed by atoms with Crippen LogP contribution in [0.1, 0.15) is 17.5 Å². The number of azide groups is 1. The maximum atomic E-state index is 11.1. The quantitative estimate of drug-likeness (QED) is 0.254. The summed E-state index contributed by atoms with van der Waals surface area (Å²) in [5.41, 5.74) is 10.0. The highest BCUT2D eigenvalue weighted by atomic mass is 16.5. The molecule has 5 heteroatoms. The molecule has 0 aliphatic heterocycles. The van der Waals surface area contributed by atoms with Crippen molar-refractivity contribution in [2.75, 3.05) is 13.7 Å². The van der Waals surface area contributed by atoms with Gasteiger partial charge >= 0.3 is 5.97 Å². The average Bonchev–Trinajstić information content (AvgIpc) is 2.39. The van der Waals surface area contributed by atoms with Crippen LogP contribution in [0.15, 0.2) is 35.5 Å². The maximum absolute atomic E-state index is 11.1. The maximum Gasteiger partial charge on any atom is 0.309 e. The number of esters is 1. The minimum absolute atomic E-state index is 0.250. The standard InChI is InChI=1S/C13H15N3O2/c1-18-13(17)10-12-7-4-6-11(9-12)5-2-3-8-15-16-14/h2,4-7,9H,3,8,10H2,1H3. The van der Waals surface area contributed by atoms with Crippen LogP contribution < -0.4 is 0 Å². The first kappa shape index (κ1) is 13.8. The van der Waals surface area contributed by atoms with Gasteiger partial charge in [0.1, 0.15) is 0 Å². The SMILES string of the molecule is COC(=O)Cc1cccc(C=CCCN=[N+]=[N-])c1. The molecule has 1 aromatic rings. The minimum atomic E-state index is -0.250. The van der Waals surface area contributed by atoms with E-state index in [0.29, 0.717) is 13.0 Å². The predicted molar refractivity (Wildman–Crippen MR) is 69.8 cm³/mol. The van der Waals surface area contributed by atoms with E-state index in [9.17, 15) is 4.79 Å². The Bertz CT molecular complexity index is 477. The van der Waals surface area contributed by atoms with Gasteiger partial charge in [-0.1, -0.05) is 41.5 Å². The second kappa shape index (κ2) is 7.92. The Labute approximate surface area is 106 Å². The van der Waals surface area contributed by atoms with Gasteiger partial charge in [0.25, 0.3) is 0 Å². The summed E-state index contributed by atoms with van der Waals surface area (Å²) in [5, 5.41) is 3.44. The highest BCUT2D eigenvalue weighted by Gasteiger charge is 2.02. The summed E-state index contributed by atoms with van der Waals surface area (Å²) in [4.78, 5) is 13.8. The lowest BCUT2D eigenvalue weighted by Gasteiger charge is -2.01. The highest BCUT2D eigenvalue weighted by Crippen LogP contribution is 2.09. The third-order valence-electron chi connectivity index (χ3n) is 2.30. The van der Waals surface area contributed by atoms with Crippen LogP contribution in [-0.2, 0) is 16.0 Å². The molecular formula is C13H15N3O2. The lowest BCUT2D eigenvalue weighted by Crippen LogP contribution is -2.04. The van der Waals surface area contributed by atoms with Crippen molar-refractivity contribution in [2.45, 2.75) is 12.8 Å². The largest absolute Gasteiger partial charge is 0.469 e. The second-order valence-corrected chi connectivity index (χ2v) is 3.64. The molecule has 0 N–H and O–H groups in total. The molecule has 0 aliphatic carbocycles. The summed E-state index contributed by atoms with van der Waals surface area (Å²) < 4.78 is 4.62. The molecule has 0 unspecified atom stereocenters. The lowest BCUT2D eigenvalue weighted by molar-refractivity contribution is -0.139. The zero-order valence-electron chi connectivity index (χ0n) is 10.2. The Balaban J connectivity index is 2.58. The van der Waals surface area contributed by atoms with E-state index in [1.54, 1.807) is 0 Å². The molecule has 0 saturated carbocycles. The number of rotatable bonds is 6. The summed E-state index contributed by atoms with van der Waals surface area (Å²) in [7, 11) is 1.38. The van der Waals surface area contributed by atoms with E-state index in [1.807, 2.05) is 36.4 Å². The molecule has 0 saturated heterocycles. The molecule has 0 bridgehead atoms. The number of nitrogens with zero attached hydrogens (tertiary/aromatic N) is 3. The first-order chi connectivity index (χ1) is 8.76. The van der Waals surface area contributed by atoms with Crippen LogP contribution in [0.25, 0.3) is 16.5 Å². The van der Waals surface area contributed by atoms with Crippen molar-refractivity contribution < 1.29 is 9.53 Å². The summed E-state index contributed by atoms with van der Waals surface area (Å²) in [6.07, 6.45) is 4.85. The van der Waals surface area contributed by atoms with E-state index in [1.165, 1.54) is 7.11 Å². The number of ether oxygens (including phenoxy) is 1. The highest BCUT2D eigenvalue weighted by molar-refractivity contribution is 5.72. The van der Waals surface area contributed by atoms with Crippen LogP contribution in [-0.4, -0.2) is 19.6 Å². The molecule has 0 heterocycles. The van der Waals surface area contributed by atoms with Gasteiger partial charge in [-0.2, -0.15) is 0 Å². The second-order valence-electron chi connectivity index (χ2n) is 3.64. The van der Waals surface area contributed by atoms with Crippen LogP contribution in [0.5, 0.6) is 0 Å². The zero-order chi connectivity index (χ0) is 13.2. The van der Waals surface area contributed by atoms with Gasteiger partial charge in [0.05, 0.1) is 13.5 Å². The molecule has 0 fully saturated rings. The molecule has 0 amide bonds. The van der Waals surface area contributed by atoms with Crippen LogP contribution >= 0.6 is 0 Å². The Morgan fingerprint density at radius 2 is 2.39 bits per heavy atom. The van der Waals surface area contributed by atoms with Gasteiger partial charge in [0.15, 0.2) is 0 Å². The van der Waals surface area contributed by atoms with Gasteiger partial charge in [0, 0.05) is 11.5 Å². The van der Waals surface area contributed by atoms with Crippen molar-refractivity contribution in [2.24, 2.45) is 5.11 Å². The van der Waals surface area contributed by atoms with Crippen LogP contribution in [0.3, 0.4) is 0 Å². The number of hydrogen-bond acceptors (Lipinski definition) is 3. The molecule has 94 valence electrons. The number of methoxy groups -OCH3 is 1. The Hall–Kier alpha value is -2.26. The van der Waals surface area contributed by atoms with Gasteiger partial charge in [-0.15, -0.1) is 0 Å². The molecule has 1 aromatic carbocycles. The Morgan fingerprint density at radius 1 is 1.56 bits per heavy atom. The Kier molecular flexibility index (Phi) is 6.08. The predicted octanol–water partition coefficient (Wildman–Crippen LogP) is 3.12. The van der Waals surface area contributed by atoms with Crippen molar-refractivity contribution in [3.8, 4) is 0 Å². The van der Waals surface area contributed by atoms with Gasteiger partial charge in [-0.25, -0.2) is 0 Å². The van der Waals surface area contributed by atoms with Crippen LogP contribution in [0.2, 0.25) is 0 Å². The molecule has 0 aromatic heterocycles. The molecule has 18 heavy (non-hydrogen) atoms. The molecule has 0 spiro atoms. The summed E-state index contributed by atoms with van der Waals surface area (Å²) in [5.74, 6) is -0.250. The first-order valence-corrected chi connectivity index (χ1v) is 5.59. The van der Waals surface area contributed by atoms with E-state index < -0.39 is 0 Å². The Morgan fingerprint density at radius 3 is 3.11 bits per heavy atom. The topological polar surface area (TPSA) is 75.1 Å². The fourth-order valence-corrected chi connectivity index (χ4v) is 1.44. The fourth-order valence-electron chi connectivity index (χ4n) is 1.44. The van der Waals surface area contributed by atoms with Crippen LogP contribution in [0.4, 0.5) is 0 Å². The minimum Gasteiger partial charge on any atom is -0.469 e. The third kappa shape index (κ3) is 5.18. The first-order valence-electron chi connectivity index (χ1n) is 5.59. The smallest absolute Gasteiger partial charge is 0.309 e. The van der Waals surface area contributed by atoms with Crippen molar-refractivity contribution in [3.63, 3.8) is 0 Å². The van der Waals surface area contributed by atoms with E-state index in [4.69, 9.17) is 5.53 Å². The van der Waals surface area contributed by atoms with E-state index >= 15 is 0 Å². The summed E-state index contributed by atoms with van der Waals surface area (Å²) in [6.45, 7) is 0.453. The van der Waals surface area contributed by atoms with Crippen molar-refractivity contribution >= 4 is 12.0 Å². The summed E-state index contributed by atoms with van der Waals surface area (Å²) >= 11 is 0. The molecule has 1 rings (SSSR count). The van der Waals surface area contributed by atoms with E-state index in [-0.39, 0.29) is 12.4 Å². The average molecular weight is 245 g/mol. The number of benzene rings is 1. The molecular weight excluding hydrogens is 230 g/mol. The third-order valence-corrected chi connectivity index (χ3v) is 2.30.